The van der Waals surface area contributed by atoms with E-state index in [4.69, 9.17) is 14.7 Å². The number of hydrogen-bond donors (Lipinski definition) is 3. The van der Waals surface area contributed by atoms with Crippen molar-refractivity contribution in [3.05, 3.63) is 82.6 Å². The maximum Gasteiger partial charge on any atom is 0.407 e. The summed E-state index contributed by atoms with van der Waals surface area (Å²) >= 11 is 1.70. The standard InChI is InChI=1S/C33H35N7O3S/c1-20(2)31-37-23(19-44-31)17-36-27-10-4-8-25-24(27)12-11-21(3)29(25)43-30-26(9-5-14-34-30)28-13-15-35-32(39-28)38-22-7-6-16-40(18-22)33(41)42/h4-5,8-15,19-20,22,36H,6-7,16-18H2,1-3H3,(H,41,42)(H,35,38,39). The summed E-state index contributed by atoms with van der Waals surface area (Å²) in [6.45, 7) is 7.91. The molecule has 1 aliphatic heterocycles. The van der Waals surface area contributed by atoms with Gasteiger partial charge in [0.1, 0.15) is 5.75 Å². The predicted molar refractivity (Wildman–Crippen MR) is 174 cm³/mol. The number of thiazole rings is 1. The number of hydrogen-bond acceptors (Lipinski definition) is 9. The SMILES string of the molecule is Cc1ccc2c(NCc3csc(C(C)C)n3)cccc2c1Oc1ncccc1-c1ccnc(NC2CCCN(C(=O)O)C2)n1. The first-order valence-corrected chi connectivity index (χ1v) is 15.6. The fraction of sp³-hybridized carbons (Fsp3) is 0.303. The van der Waals surface area contributed by atoms with Crippen LogP contribution in [-0.2, 0) is 6.54 Å². The summed E-state index contributed by atoms with van der Waals surface area (Å²) in [6, 6.07) is 15.9. The minimum Gasteiger partial charge on any atom is -0.465 e. The lowest BCUT2D eigenvalue weighted by Gasteiger charge is -2.31. The van der Waals surface area contributed by atoms with Gasteiger partial charge in [-0.15, -0.1) is 11.3 Å². The van der Waals surface area contributed by atoms with Gasteiger partial charge in [0.15, 0.2) is 0 Å². The monoisotopic (exact) mass is 609 g/mol. The van der Waals surface area contributed by atoms with E-state index in [2.05, 4.69) is 64.1 Å². The Balaban J connectivity index is 1.25. The lowest BCUT2D eigenvalue weighted by Crippen LogP contribution is -2.44. The number of pyridine rings is 1. The van der Waals surface area contributed by atoms with Crippen molar-refractivity contribution in [1.29, 1.82) is 0 Å². The highest BCUT2D eigenvalue weighted by atomic mass is 32.1. The molecule has 3 N–H and O–H groups in total. The largest absolute Gasteiger partial charge is 0.465 e. The highest BCUT2D eigenvalue weighted by molar-refractivity contribution is 7.09. The van der Waals surface area contributed by atoms with Gasteiger partial charge in [-0.05, 0) is 49.6 Å². The molecule has 5 aromatic rings. The molecule has 3 aromatic heterocycles. The number of likely N-dealkylation sites (tertiary alicyclic amines) is 1. The Kier molecular flexibility index (Phi) is 8.56. The Hall–Kier alpha value is -4.77. The van der Waals surface area contributed by atoms with Crippen molar-refractivity contribution in [2.24, 2.45) is 0 Å². The fourth-order valence-corrected chi connectivity index (χ4v) is 6.21. The number of fused-ring (bicyclic) bond motifs is 1. The molecule has 11 heteroatoms. The first-order valence-electron chi connectivity index (χ1n) is 14.8. The molecule has 2 aromatic carbocycles. The molecule has 1 atom stereocenters. The van der Waals surface area contributed by atoms with Crippen LogP contribution in [-0.4, -0.2) is 55.2 Å². The maximum atomic E-state index is 11.5. The quantitative estimate of drug-likeness (QED) is 0.155. The van der Waals surface area contributed by atoms with E-state index < -0.39 is 6.09 Å². The van der Waals surface area contributed by atoms with E-state index >= 15 is 0 Å². The molecule has 1 saturated heterocycles. The summed E-state index contributed by atoms with van der Waals surface area (Å²) in [5, 5.41) is 21.5. The van der Waals surface area contributed by atoms with Crippen molar-refractivity contribution in [2.45, 2.75) is 52.1 Å². The molecule has 0 spiro atoms. The van der Waals surface area contributed by atoms with Crippen LogP contribution < -0.4 is 15.4 Å². The van der Waals surface area contributed by atoms with Gasteiger partial charge in [0.2, 0.25) is 11.8 Å². The van der Waals surface area contributed by atoms with Gasteiger partial charge in [-0.2, -0.15) is 0 Å². The number of aryl methyl sites for hydroxylation is 1. The van der Waals surface area contributed by atoms with Gasteiger partial charge in [-0.3, -0.25) is 0 Å². The zero-order valence-electron chi connectivity index (χ0n) is 24.9. The molecule has 1 unspecified atom stereocenters. The van der Waals surface area contributed by atoms with Gasteiger partial charge in [0.05, 0.1) is 28.5 Å². The molecule has 1 fully saturated rings. The van der Waals surface area contributed by atoms with Crippen LogP contribution in [0.1, 0.15) is 48.9 Å². The minimum atomic E-state index is -0.908. The van der Waals surface area contributed by atoms with E-state index in [9.17, 15) is 9.90 Å². The first kappa shape index (κ1) is 29.3. The van der Waals surface area contributed by atoms with Crippen molar-refractivity contribution in [1.82, 2.24) is 24.8 Å². The van der Waals surface area contributed by atoms with Crippen LogP contribution in [0.25, 0.3) is 22.0 Å². The molecule has 0 aliphatic carbocycles. The molecule has 0 saturated carbocycles. The number of nitrogens with one attached hydrogen (secondary N) is 2. The van der Waals surface area contributed by atoms with E-state index in [0.29, 0.717) is 43.1 Å². The van der Waals surface area contributed by atoms with Gasteiger partial charge in [-0.25, -0.2) is 24.7 Å². The van der Waals surface area contributed by atoms with Gasteiger partial charge in [0, 0.05) is 59.3 Å². The second-order valence-corrected chi connectivity index (χ2v) is 12.1. The highest BCUT2D eigenvalue weighted by Crippen LogP contribution is 2.38. The summed E-state index contributed by atoms with van der Waals surface area (Å²) in [7, 11) is 0. The molecular weight excluding hydrogens is 574 g/mol. The number of carboxylic acid groups (broad SMARTS) is 1. The number of carbonyl (C=O) groups is 1. The first-order chi connectivity index (χ1) is 21.4. The molecular formula is C33H35N7O3S. The zero-order chi connectivity index (χ0) is 30.6. The highest BCUT2D eigenvalue weighted by Gasteiger charge is 2.24. The molecule has 226 valence electrons. The Morgan fingerprint density at radius 1 is 1.09 bits per heavy atom. The van der Waals surface area contributed by atoms with Crippen LogP contribution in [0.4, 0.5) is 16.4 Å². The fourth-order valence-electron chi connectivity index (χ4n) is 5.38. The molecule has 0 bridgehead atoms. The van der Waals surface area contributed by atoms with E-state index in [1.807, 2.05) is 31.2 Å². The van der Waals surface area contributed by atoms with Crippen LogP contribution >= 0.6 is 11.3 Å². The van der Waals surface area contributed by atoms with E-state index in [0.717, 1.165) is 56.9 Å². The summed E-state index contributed by atoms with van der Waals surface area (Å²) < 4.78 is 6.58. The molecule has 4 heterocycles. The number of aromatic nitrogens is 4. The van der Waals surface area contributed by atoms with Gasteiger partial charge in [-0.1, -0.05) is 38.1 Å². The van der Waals surface area contributed by atoms with Crippen LogP contribution in [0.15, 0.2) is 66.3 Å². The molecule has 6 rings (SSSR count). The Labute approximate surface area is 260 Å². The lowest BCUT2D eigenvalue weighted by atomic mass is 10.0. The molecule has 10 nitrogen and oxygen atoms in total. The Bertz CT molecular complexity index is 1790. The van der Waals surface area contributed by atoms with Crippen molar-refractivity contribution in [2.75, 3.05) is 23.7 Å². The third kappa shape index (κ3) is 6.42. The molecule has 1 amide bonds. The van der Waals surface area contributed by atoms with Crippen LogP contribution in [0, 0.1) is 6.92 Å². The maximum absolute atomic E-state index is 11.5. The molecule has 0 radical (unpaired) electrons. The van der Waals surface area contributed by atoms with Crippen molar-refractivity contribution in [3.63, 3.8) is 0 Å². The third-order valence-electron chi connectivity index (χ3n) is 7.66. The Morgan fingerprint density at radius 3 is 2.80 bits per heavy atom. The number of nitrogens with zero attached hydrogens (tertiary/aromatic N) is 5. The molecule has 44 heavy (non-hydrogen) atoms. The summed E-state index contributed by atoms with van der Waals surface area (Å²) in [5.74, 6) is 2.01. The average Bonchev–Trinajstić information content (AvgIpc) is 3.51. The number of rotatable bonds is 9. The lowest BCUT2D eigenvalue weighted by molar-refractivity contribution is 0.132. The second-order valence-electron chi connectivity index (χ2n) is 11.2. The third-order valence-corrected chi connectivity index (χ3v) is 8.85. The topological polar surface area (TPSA) is 125 Å². The van der Waals surface area contributed by atoms with Gasteiger partial charge < -0.3 is 25.4 Å². The zero-order valence-corrected chi connectivity index (χ0v) is 25.8. The minimum absolute atomic E-state index is 0.0615. The number of piperidine rings is 1. The van der Waals surface area contributed by atoms with Crippen LogP contribution in [0.2, 0.25) is 0 Å². The smallest absolute Gasteiger partial charge is 0.407 e. The van der Waals surface area contributed by atoms with Crippen LogP contribution in [0.3, 0.4) is 0 Å². The van der Waals surface area contributed by atoms with Gasteiger partial charge in [0.25, 0.3) is 0 Å². The second kappa shape index (κ2) is 12.8. The van der Waals surface area contributed by atoms with Gasteiger partial charge >= 0.3 is 6.09 Å². The average molecular weight is 610 g/mol. The van der Waals surface area contributed by atoms with Crippen molar-refractivity contribution < 1.29 is 14.6 Å². The van der Waals surface area contributed by atoms with E-state index in [-0.39, 0.29) is 6.04 Å². The number of ether oxygens (including phenoxy) is 1. The number of benzene rings is 2. The van der Waals surface area contributed by atoms with Crippen molar-refractivity contribution in [3.8, 4) is 22.9 Å². The molecule has 1 aliphatic rings. The normalized spacial score (nSPS) is 15.0. The summed E-state index contributed by atoms with van der Waals surface area (Å²) in [4.78, 5) is 31.4. The predicted octanol–water partition coefficient (Wildman–Crippen LogP) is 7.54. The number of anilines is 2. The van der Waals surface area contributed by atoms with E-state index in [1.165, 1.54) is 4.90 Å². The van der Waals surface area contributed by atoms with Crippen molar-refractivity contribution >= 4 is 39.8 Å². The Morgan fingerprint density at radius 2 is 1.98 bits per heavy atom. The van der Waals surface area contributed by atoms with Crippen LogP contribution in [0.5, 0.6) is 11.6 Å². The summed E-state index contributed by atoms with van der Waals surface area (Å²) in [5.41, 5.74) is 4.39. The number of amides is 1. The summed E-state index contributed by atoms with van der Waals surface area (Å²) in [6.07, 6.45) is 4.12. The van der Waals surface area contributed by atoms with E-state index in [1.54, 1.807) is 23.7 Å².